The van der Waals surface area contributed by atoms with Gasteiger partial charge in [0.1, 0.15) is 11.4 Å². The fourth-order valence-electron chi connectivity index (χ4n) is 7.58. The SMILES string of the molecule is CCOC(=O)CS[C@@]1(NC(=O)OC23CC4CC(CC(C4)C2)C3)C(=O)N(Cc2cccc(F)c2)c2ccccc21. The van der Waals surface area contributed by atoms with Gasteiger partial charge in [0.05, 0.1) is 24.6 Å². The van der Waals surface area contributed by atoms with Gasteiger partial charge in [0.2, 0.25) is 0 Å². The summed E-state index contributed by atoms with van der Waals surface area (Å²) in [5.74, 6) is 0.342. The number of carbonyl (C=O) groups is 3. The van der Waals surface area contributed by atoms with E-state index in [1.807, 2.05) is 6.07 Å². The van der Waals surface area contributed by atoms with Crippen molar-refractivity contribution in [3.8, 4) is 0 Å². The number of fused-ring (bicyclic) bond motifs is 1. The molecular weight excluding hydrogens is 519 g/mol. The number of nitrogens with one attached hydrogen (secondary N) is 1. The monoisotopic (exact) mass is 552 g/mol. The number of hydrogen-bond donors (Lipinski definition) is 1. The second kappa shape index (κ2) is 10.2. The van der Waals surface area contributed by atoms with Crippen molar-refractivity contribution in [1.82, 2.24) is 5.32 Å². The van der Waals surface area contributed by atoms with Gasteiger partial charge < -0.3 is 14.4 Å². The topological polar surface area (TPSA) is 84.9 Å². The van der Waals surface area contributed by atoms with Crippen LogP contribution >= 0.6 is 11.8 Å². The Labute approximate surface area is 231 Å². The lowest BCUT2D eigenvalue weighted by Crippen LogP contribution is -2.57. The Hall–Kier alpha value is -3.07. The summed E-state index contributed by atoms with van der Waals surface area (Å²) in [5, 5.41) is 2.93. The average Bonchev–Trinajstić information content (AvgIpc) is 3.09. The molecule has 2 aromatic rings. The molecule has 0 aromatic heterocycles. The highest BCUT2D eigenvalue weighted by atomic mass is 32.2. The third kappa shape index (κ3) is 4.90. The van der Waals surface area contributed by atoms with E-state index in [1.54, 1.807) is 37.3 Å². The maximum absolute atomic E-state index is 14.2. The number of anilines is 1. The van der Waals surface area contributed by atoms with Gasteiger partial charge in [-0.1, -0.05) is 30.3 Å². The van der Waals surface area contributed by atoms with Gasteiger partial charge in [-0.25, -0.2) is 9.18 Å². The molecule has 7 nitrogen and oxygen atoms in total. The van der Waals surface area contributed by atoms with Crippen LogP contribution in [0.2, 0.25) is 0 Å². The fourth-order valence-corrected chi connectivity index (χ4v) is 8.72. The van der Waals surface area contributed by atoms with E-state index in [-0.39, 0.29) is 18.9 Å². The predicted molar refractivity (Wildman–Crippen MR) is 145 cm³/mol. The van der Waals surface area contributed by atoms with E-state index in [1.165, 1.54) is 36.3 Å². The van der Waals surface area contributed by atoms with E-state index in [2.05, 4.69) is 5.32 Å². The van der Waals surface area contributed by atoms with E-state index < -0.39 is 34.3 Å². The van der Waals surface area contributed by atoms with E-state index in [0.717, 1.165) is 31.0 Å². The quantitative estimate of drug-likeness (QED) is 0.343. The summed E-state index contributed by atoms with van der Waals surface area (Å²) in [4.78, 5) is 40.2. The molecule has 0 saturated heterocycles. The zero-order valence-electron chi connectivity index (χ0n) is 22.0. The first-order valence-electron chi connectivity index (χ1n) is 13.8. The molecule has 206 valence electrons. The maximum atomic E-state index is 14.2. The molecule has 4 aliphatic carbocycles. The summed E-state index contributed by atoms with van der Waals surface area (Å²) in [5.41, 5.74) is 1.27. The number of esters is 1. The molecule has 4 fully saturated rings. The third-order valence-corrected chi connectivity index (χ3v) is 9.94. The molecule has 4 bridgehead atoms. The van der Waals surface area contributed by atoms with Crippen LogP contribution in [0.4, 0.5) is 14.9 Å². The number of benzene rings is 2. The normalized spacial score (nSPS) is 30.3. The van der Waals surface area contributed by atoms with Crippen LogP contribution in [-0.2, 0) is 30.5 Å². The first-order chi connectivity index (χ1) is 18.8. The van der Waals surface area contributed by atoms with Gasteiger partial charge in [0.15, 0.2) is 4.87 Å². The molecule has 39 heavy (non-hydrogen) atoms. The van der Waals surface area contributed by atoms with Crippen LogP contribution in [0, 0.1) is 23.6 Å². The van der Waals surface area contributed by atoms with Crippen LogP contribution in [0.5, 0.6) is 0 Å². The molecule has 2 amide bonds. The van der Waals surface area contributed by atoms with Crippen LogP contribution in [0.25, 0.3) is 0 Å². The van der Waals surface area contributed by atoms with E-state index in [0.29, 0.717) is 34.6 Å². The Balaban J connectivity index is 1.31. The molecule has 1 heterocycles. The van der Waals surface area contributed by atoms with Crippen molar-refractivity contribution in [1.29, 1.82) is 0 Å². The predicted octanol–water partition coefficient (Wildman–Crippen LogP) is 5.52. The fraction of sp³-hybridized carbons (Fsp3) is 0.500. The maximum Gasteiger partial charge on any atom is 0.409 e. The van der Waals surface area contributed by atoms with Crippen LogP contribution in [-0.4, -0.2) is 35.9 Å². The minimum absolute atomic E-state index is 0.112. The first-order valence-corrected chi connectivity index (χ1v) is 14.7. The molecule has 0 radical (unpaired) electrons. The lowest BCUT2D eigenvalue weighted by molar-refractivity contribution is -0.139. The number of amides is 2. The summed E-state index contributed by atoms with van der Waals surface area (Å²) < 4.78 is 25.3. The number of ether oxygens (including phenoxy) is 2. The zero-order valence-corrected chi connectivity index (χ0v) is 22.8. The summed E-state index contributed by atoms with van der Waals surface area (Å²) in [7, 11) is 0. The number of nitrogens with zero attached hydrogens (tertiary/aromatic N) is 1. The van der Waals surface area contributed by atoms with Crippen molar-refractivity contribution in [3.63, 3.8) is 0 Å². The Kier molecular flexibility index (Phi) is 6.81. The van der Waals surface area contributed by atoms with E-state index >= 15 is 0 Å². The van der Waals surface area contributed by atoms with Crippen molar-refractivity contribution < 1.29 is 28.2 Å². The number of alkyl carbamates (subject to hydrolysis) is 1. The van der Waals surface area contributed by atoms with Crippen molar-refractivity contribution in [2.45, 2.75) is 62.5 Å². The number of hydrogen-bond acceptors (Lipinski definition) is 6. The Morgan fingerprint density at radius 2 is 1.74 bits per heavy atom. The van der Waals surface area contributed by atoms with Crippen LogP contribution in [0.15, 0.2) is 48.5 Å². The molecule has 1 N–H and O–H groups in total. The highest BCUT2D eigenvalue weighted by molar-refractivity contribution is 8.01. The van der Waals surface area contributed by atoms with Crippen molar-refractivity contribution >= 4 is 35.4 Å². The summed E-state index contributed by atoms with van der Waals surface area (Å²) in [6.07, 6.45) is 5.59. The number of halogens is 1. The summed E-state index contributed by atoms with van der Waals surface area (Å²) >= 11 is 1.02. The van der Waals surface area contributed by atoms with Crippen molar-refractivity contribution in [3.05, 3.63) is 65.5 Å². The van der Waals surface area contributed by atoms with Crippen LogP contribution in [0.1, 0.15) is 56.6 Å². The van der Waals surface area contributed by atoms with Crippen LogP contribution < -0.4 is 10.2 Å². The molecule has 2 aromatic carbocycles. The van der Waals surface area contributed by atoms with E-state index in [4.69, 9.17) is 9.47 Å². The summed E-state index contributed by atoms with van der Waals surface area (Å²) in [6, 6.07) is 13.3. The Bertz CT molecular complexity index is 1270. The molecule has 1 aliphatic heterocycles. The number of carbonyl (C=O) groups excluding carboxylic acids is 3. The highest BCUT2D eigenvalue weighted by Gasteiger charge is 2.56. The highest BCUT2D eigenvalue weighted by Crippen LogP contribution is 2.57. The molecule has 0 unspecified atom stereocenters. The summed E-state index contributed by atoms with van der Waals surface area (Å²) in [6.45, 7) is 2.04. The van der Waals surface area contributed by atoms with Gasteiger partial charge in [-0.3, -0.25) is 14.9 Å². The van der Waals surface area contributed by atoms with Crippen LogP contribution in [0.3, 0.4) is 0 Å². The molecular formula is C30H33FN2O5S. The van der Waals surface area contributed by atoms with Gasteiger partial charge in [-0.05, 0) is 87.0 Å². The minimum Gasteiger partial charge on any atom is -0.465 e. The van der Waals surface area contributed by atoms with Gasteiger partial charge in [0.25, 0.3) is 5.91 Å². The standard InChI is InChI=1S/C30H33FN2O5S/c1-2-37-26(34)18-39-30(32-28(36)38-29-14-20-10-21(15-29)12-22(11-20)16-29)24-8-3-4-9-25(24)33(27(30)35)17-19-6-5-7-23(31)13-19/h3-9,13,20-22H,2,10-12,14-18H2,1H3,(H,32,36)/t20?,21?,22?,29?,30-/m1/s1. The Morgan fingerprint density at radius 3 is 2.41 bits per heavy atom. The first kappa shape index (κ1) is 26.2. The second-order valence-corrected chi connectivity index (χ2v) is 12.6. The number of para-hydroxylation sites is 1. The number of rotatable bonds is 8. The van der Waals surface area contributed by atoms with Gasteiger partial charge in [0, 0.05) is 5.56 Å². The Morgan fingerprint density at radius 1 is 1.05 bits per heavy atom. The number of thioether (sulfide) groups is 1. The lowest BCUT2D eigenvalue weighted by Gasteiger charge is -2.55. The smallest absolute Gasteiger partial charge is 0.409 e. The van der Waals surface area contributed by atoms with E-state index in [9.17, 15) is 18.8 Å². The molecule has 4 saturated carbocycles. The largest absolute Gasteiger partial charge is 0.465 e. The zero-order chi connectivity index (χ0) is 27.2. The van der Waals surface area contributed by atoms with Gasteiger partial charge >= 0.3 is 12.1 Å². The molecule has 7 rings (SSSR count). The lowest BCUT2D eigenvalue weighted by atomic mass is 9.54. The molecule has 1 atom stereocenters. The third-order valence-electron chi connectivity index (χ3n) is 8.63. The van der Waals surface area contributed by atoms with Gasteiger partial charge in [-0.2, -0.15) is 0 Å². The minimum atomic E-state index is -1.59. The van der Waals surface area contributed by atoms with Crippen molar-refractivity contribution in [2.75, 3.05) is 17.3 Å². The molecule has 0 spiro atoms. The second-order valence-electron chi connectivity index (χ2n) is 11.4. The van der Waals surface area contributed by atoms with Gasteiger partial charge in [-0.15, -0.1) is 11.8 Å². The average molecular weight is 553 g/mol. The van der Waals surface area contributed by atoms with Crippen molar-refractivity contribution in [2.24, 2.45) is 17.8 Å². The molecule has 5 aliphatic rings. The molecule has 9 heteroatoms.